The molecule has 0 aliphatic carbocycles. The van der Waals surface area contributed by atoms with Crippen molar-refractivity contribution < 1.29 is 18.0 Å². The highest BCUT2D eigenvalue weighted by molar-refractivity contribution is 8.00. The summed E-state index contributed by atoms with van der Waals surface area (Å²) in [4.78, 5) is 16.5. The van der Waals surface area contributed by atoms with Crippen LogP contribution in [-0.4, -0.2) is 20.7 Å². The lowest BCUT2D eigenvalue weighted by atomic mass is 10.3. The van der Waals surface area contributed by atoms with Gasteiger partial charge in [0.1, 0.15) is 5.82 Å². The minimum Gasteiger partial charge on any atom is -0.324 e. The van der Waals surface area contributed by atoms with Crippen LogP contribution in [0.15, 0.2) is 47.6 Å². The number of carbonyl (C=O) groups is 1. The molecular weight excluding hydrogens is 387 g/mol. The van der Waals surface area contributed by atoms with E-state index in [-0.39, 0.29) is 15.9 Å². The Morgan fingerprint density at radius 2 is 2.00 bits per heavy atom. The van der Waals surface area contributed by atoms with E-state index in [0.29, 0.717) is 11.0 Å². The number of rotatable bonds is 5. The molecule has 1 atom stereocenters. The minimum absolute atomic E-state index is 0.0362. The van der Waals surface area contributed by atoms with E-state index in [2.05, 4.69) is 10.3 Å². The van der Waals surface area contributed by atoms with Gasteiger partial charge in [-0.25, -0.2) is 9.37 Å². The van der Waals surface area contributed by atoms with Gasteiger partial charge in [-0.1, -0.05) is 35.5 Å². The molecule has 0 bridgehead atoms. The van der Waals surface area contributed by atoms with Gasteiger partial charge in [0.25, 0.3) is 0 Å². The molecule has 0 fully saturated rings. The number of alkyl halides is 2. The molecule has 0 radical (unpaired) electrons. The SMILES string of the molecule is CC(Sc1nc2ccccc2n1C(F)F)C(=O)Nc1ccc(F)cc1Cl. The van der Waals surface area contributed by atoms with E-state index in [9.17, 15) is 18.0 Å². The van der Waals surface area contributed by atoms with E-state index in [1.54, 1.807) is 31.2 Å². The van der Waals surface area contributed by atoms with Gasteiger partial charge in [-0.05, 0) is 37.3 Å². The second kappa shape index (κ2) is 7.59. The maximum Gasteiger partial charge on any atom is 0.321 e. The number of anilines is 1. The molecule has 2 aromatic carbocycles. The Hall–Kier alpha value is -2.19. The van der Waals surface area contributed by atoms with Crippen LogP contribution in [-0.2, 0) is 4.79 Å². The lowest BCUT2D eigenvalue weighted by Gasteiger charge is -2.13. The van der Waals surface area contributed by atoms with E-state index >= 15 is 0 Å². The van der Waals surface area contributed by atoms with Crippen molar-refractivity contribution >= 4 is 46.0 Å². The summed E-state index contributed by atoms with van der Waals surface area (Å²) in [6, 6.07) is 10.1. The Kier molecular flexibility index (Phi) is 5.43. The number of aromatic nitrogens is 2. The zero-order chi connectivity index (χ0) is 18.8. The lowest BCUT2D eigenvalue weighted by Crippen LogP contribution is -2.23. The van der Waals surface area contributed by atoms with Crippen molar-refractivity contribution in [3.8, 4) is 0 Å². The van der Waals surface area contributed by atoms with Gasteiger partial charge in [0.15, 0.2) is 5.16 Å². The van der Waals surface area contributed by atoms with Gasteiger partial charge in [0, 0.05) is 0 Å². The Morgan fingerprint density at radius 3 is 2.69 bits per heavy atom. The number of halogens is 4. The molecule has 0 saturated carbocycles. The maximum atomic E-state index is 13.4. The Labute approximate surface area is 156 Å². The number of fused-ring (bicyclic) bond motifs is 1. The predicted molar refractivity (Wildman–Crippen MR) is 96.3 cm³/mol. The fourth-order valence-electron chi connectivity index (χ4n) is 2.33. The minimum atomic E-state index is -2.79. The molecule has 3 aromatic rings. The van der Waals surface area contributed by atoms with Gasteiger partial charge in [-0.15, -0.1) is 0 Å². The van der Waals surface area contributed by atoms with Crippen LogP contribution in [0.2, 0.25) is 5.02 Å². The van der Waals surface area contributed by atoms with E-state index in [4.69, 9.17) is 11.6 Å². The molecule has 0 saturated heterocycles. The summed E-state index contributed by atoms with van der Waals surface area (Å²) >= 11 is 6.78. The molecular formula is C17H13ClF3N3OS. The molecule has 4 nitrogen and oxygen atoms in total. The number of hydrogen-bond acceptors (Lipinski definition) is 3. The van der Waals surface area contributed by atoms with Crippen molar-refractivity contribution in [2.24, 2.45) is 0 Å². The normalized spacial score (nSPS) is 12.5. The number of nitrogens with one attached hydrogen (secondary N) is 1. The topological polar surface area (TPSA) is 46.9 Å². The fraction of sp³-hybridized carbons (Fsp3) is 0.176. The quantitative estimate of drug-likeness (QED) is 0.589. The van der Waals surface area contributed by atoms with Gasteiger partial charge in [0.2, 0.25) is 5.91 Å². The van der Waals surface area contributed by atoms with Crippen LogP contribution >= 0.6 is 23.4 Å². The Morgan fingerprint density at radius 1 is 1.27 bits per heavy atom. The number of benzene rings is 2. The first-order valence-corrected chi connectivity index (χ1v) is 8.80. The summed E-state index contributed by atoms with van der Waals surface area (Å²) in [5.41, 5.74) is 0.955. The summed E-state index contributed by atoms with van der Waals surface area (Å²) < 4.78 is 40.7. The molecule has 3 rings (SSSR count). The number of hydrogen-bond donors (Lipinski definition) is 1. The largest absolute Gasteiger partial charge is 0.324 e. The monoisotopic (exact) mass is 399 g/mol. The third kappa shape index (κ3) is 3.81. The number of amides is 1. The molecule has 1 amide bonds. The molecule has 1 aromatic heterocycles. The zero-order valence-electron chi connectivity index (χ0n) is 13.4. The molecule has 1 heterocycles. The summed E-state index contributed by atoms with van der Waals surface area (Å²) in [6.07, 6.45) is 0. The molecule has 0 aliphatic heterocycles. The van der Waals surface area contributed by atoms with Crippen LogP contribution in [0.1, 0.15) is 13.5 Å². The average molecular weight is 400 g/mol. The van der Waals surface area contributed by atoms with Crippen molar-refractivity contribution in [3.05, 3.63) is 53.3 Å². The van der Waals surface area contributed by atoms with Gasteiger partial charge < -0.3 is 5.32 Å². The molecule has 26 heavy (non-hydrogen) atoms. The van der Waals surface area contributed by atoms with Crippen LogP contribution in [0.4, 0.5) is 18.9 Å². The first-order valence-electron chi connectivity index (χ1n) is 7.54. The van der Waals surface area contributed by atoms with E-state index in [1.165, 1.54) is 6.07 Å². The van der Waals surface area contributed by atoms with Crippen LogP contribution in [0.3, 0.4) is 0 Å². The van der Waals surface area contributed by atoms with Crippen molar-refractivity contribution in [1.29, 1.82) is 0 Å². The van der Waals surface area contributed by atoms with E-state index in [0.717, 1.165) is 28.5 Å². The maximum absolute atomic E-state index is 13.4. The van der Waals surface area contributed by atoms with Gasteiger partial charge in [-0.2, -0.15) is 8.78 Å². The highest BCUT2D eigenvalue weighted by Gasteiger charge is 2.23. The number of thioether (sulfide) groups is 1. The Bertz CT molecular complexity index is 964. The van der Waals surface area contributed by atoms with Crippen molar-refractivity contribution in [2.45, 2.75) is 23.9 Å². The lowest BCUT2D eigenvalue weighted by molar-refractivity contribution is -0.115. The summed E-state index contributed by atoms with van der Waals surface area (Å²) in [5, 5.41) is 1.91. The third-order valence-corrected chi connectivity index (χ3v) is 4.98. The third-order valence-electron chi connectivity index (χ3n) is 3.60. The summed E-state index contributed by atoms with van der Waals surface area (Å²) in [7, 11) is 0. The van der Waals surface area contributed by atoms with Crippen molar-refractivity contribution in [2.75, 3.05) is 5.32 Å². The fourth-order valence-corrected chi connectivity index (χ4v) is 3.47. The average Bonchev–Trinajstić information content (AvgIpc) is 2.95. The highest BCUT2D eigenvalue weighted by Crippen LogP contribution is 2.32. The summed E-state index contributed by atoms with van der Waals surface area (Å²) in [5.74, 6) is -0.988. The molecule has 136 valence electrons. The number of carbonyl (C=O) groups excluding carboxylic acids is 1. The van der Waals surface area contributed by atoms with Crippen LogP contribution in [0.5, 0.6) is 0 Å². The van der Waals surface area contributed by atoms with Crippen molar-refractivity contribution in [1.82, 2.24) is 9.55 Å². The van der Waals surface area contributed by atoms with Crippen LogP contribution < -0.4 is 5.32 Å². The van der Waals surface area contributed by atoms with Crippen molar-refractivity contribution in [3.63, 3.8) is 0 Å². The second-order valence-corrected chi connectivity index (χ2v) is 7.12. The molecule has 1 unspecified atom stereocenters. The first kappa shape index (κ1) is 18.6. The zero-order valence-corrected chi connectivity index (χ0v) is 15.0. The molecule has 1 N–H and O–H groups in total. The Balaban J connectivity index is 1.81. The summed E-state index contributed by atoms with van der Waals surface area (Å²) in [6.45, 7) is -1.22. The van der Waals surface area contributed by atoms with Crippen LogP contribution in [0.25, 0.3) is 11.0 Å². The highest BCUT2D eigenvalue weighted by atomic mass is 35.5. The molecule has 0 spiro atoms. The second-order valence-electron chi connectivity index (χ2n) is 5.40. The molecule has 9 heteroatoms. The first-order chi connectivity index (χ1) is 12.4. The van der Waals surface area contributed by atoms with E-state index < -0.39 is 23.5 Å². The number of imidazole rings is 1. The van der Waals surface area contributed by atoms with Gasteiger partial charge >= 0.3 is 6.55 Å². The van der Waals surface area contributed by atoms with E-state index in [1.807, 2.05) is 0 Å². The number of para-hydroxylation sites is 2. The van der Waals surface area contributed by atoms with Crippen LogP contribution in [0, 0.1) is 5.82 Å². The van der Waals surface area contributed by atoms with Gasteiger partial charge in [-0.3, -0.25) is 9.36 Å². The predicted octanol–water partition coefficient (Wildman–Crippen LogP) is 5.34. The number of nitrogens with zero attached hydrogens (tertiary/aromatic N) is 2. The molecule has 0 aliphatic rings. The standard InChI is InChI=1S/C17H13ClF3N3OS/c1-9(15(25)22-12-7-6-10(19)8-11(12)18)26-17-23-13-4-2-3-5-14(13)24(17)16(20)21/h2-9,16H,1H3,(H,22,25). The van der Waals surface area contributed by atoms with Gasteiger partial charge in [0.05, 0.1) is 27.0 Å². The smallest absolute Gasteiger partial charge is 0.321 e.